The molecule has 0 N–H and O–H groups in total. The molecular formula is C31H21ClO5. The molecule has 0 spiro atoms. The van der Waals surface area contributed by atoms with Crippen molar-refractivity contribution in [2.45, 2.75) is 0 Å². The molecule has 0 amide bonds. The van der Waals surface area contributed by atoms with Gasteiger partial charge in [0.2, 0.25) is 0 Å². The lowest BCUT2D eigenvalue weighted by molar-refractivity contribution is 0.0736. The molecule has 0 unspecified atom stereocenters. The van der Waals surface area contributed by atoms with Gasteiger partial charge >= 0.3 is 5.97 Å². The van der Waals surface area contributed by atoms with Crippen LogP contribution in [0.1, 0.15) is 26.3 Å². The Balaban J connectivity index is 1.39. The summed E-state index contributed by atoms with van der Waals surface area (Å²) in [4.78, 5) is 25.7. The first-order valence-corrected chi connectivity index (χ1v) is 11.9. The highest BCUT2D eigenvalue weighted by atomic mass is 35.5. The van der Waals surface area contributed by atoms with Crippen LogP contribution in [0, 0.1) is 0 Å². The maximum atomic E-state index is 13.4. The fraction of sp³-hybridized carbons (Fsp3) is 0.0323. The first-order valence-electron chi connectivity index (χ1n) is 11.5. The van der Waals surface area contributed by atoms with Crippen LogP contribution in [0.15, 0.2) is 108 Å². The van der Waals surface area contributed by atoms with Crippen molar-refractivity contribution in [2.24, 2.45) is 0 Å². The number of hydrogen-bond acceptors (Lipinski definition) is 5. The highest BCUT2D eigenvalue weighted by Crippen LogP contribution is 2.36. The number of ether oxygens (including phenoxy) is 2. The third kappa shape index (κ3) is 5.32. The average Bonchev–Trinajstić information content (AvgIpc) is 3.32. The van der Waals surface area contributed by atoms with Gasteiger partial charge in [0, 0.05) is 21.5 Å². The summed E-state index contributed by atoms with van der Waals surface area (Å²) >= 11 is 5.88. The predicted octanol–water partition coefficient (Wildman–Crippen LogP) is 7.88. The van der Waals surface area contributed by atoms with Gasteiger partial charge in [-0.25, -0.2) is 4.79 Å². The highest BCUT2D eigenvalue weighted by Gasteiger charge is 2.24. The Bertz CT molecular complexity index is 1600. The van der Waals surface area contributed by atoms with Gasteiger partial charge in [0.1, 0.15) is 28.4 Å². The van der Waals surface area contributed by atoms with E-state index in [1.165, 1.54) is 6.08 Å². The standard InChI is InChI=1S/C31H21ClO5/c1-35-25-16-18-28-26(19-25)29(30(37-28)22-5-3-2-4-6-22)31(34)36-24-14-7-20(8-15-24)9-17-27(33)21-10-12-23(32)13-11-21/h2-19H,1H3. The number of benzene rings is 4. The van der Waals surface area contributed by atoms with Crippen LogP contribution in [0.3, 0.4) is 0 Å². The van der Waals surface area contributed by atoms with Crippen LogP contribution in [-0.2, 0) is 0 Å². The summed E-state index contributed by atoms with van der Waals surface area (Å²) < 4.78 is 17.1. The van der Waals surface area contributed by atoms with E-state index in [0.29, 0.717) is 44.4 Å². The van der Waals surface area contributed by atoms with E-state index in [1.54, 1.807) is 79.9 Å². The lowest BCUT2D eigenvalue weighted by atomic mass is 10.1. The highest BCUT2D eigenvalue weighted by molar-refractivity contribution is 6.30. The Labute approximate surface area is 218 Å². The molecule has 0 aliphatic rings. The van der Waals surface area contributed by atoms with Crippen molar-refractivity contribution in [2.75, 3.05) is 7.11 Å². The second-order valence-electron chi connectivity index (χ2n) is 8.20. The summed E-state index contributed by atoms with van der Waals surface area (Å²) in [6.07, 6.45) is 3.19. The molecule has 0 saturated carbocycles. The number of rotatable bonds is 7. The van der Waals surface area contributed by atoms with Gasteiger partial charge in [-0.05, 0) is 66.2 Å². The zero-order chi connectivity index (χ0) is 25.8. The molecule has 5 aromatic rings. The van der Waals surface area contributed by atoms with E-state index in [-0.39, 0.29) is 5.78 Å². The van der Waals surface area contributed by atoms with E-state index in [0.717, 1.165) is 11.1 Å². The second kappa shape index (κ2) is 10.6. The van der Waals surface area contributed by atoms with Crippen molar-refractivity contribution >= 4 is 40.4 Å². The van der Waals surface area contributed by atoms with Crippen LogP contribution >= 0.6 is 11.6 Å². The van der Waals surface area contributed by atoms with Crippen molar-refractivity contribution in [3.8, 4) is 22.8 Å². The molecule has 37 heavy (non-hydrogen) atoms. The molecule has 0 aliphatic heterocycles. The van der Waals surface area contributed by atoms with Gasteiger partial charge in [0.05, 0.1) is 7.11 Å². The van der Waals surface area contributed by atoms with Crippen molar-refractivity contribution in [3.63, 3.8) is 0 Å². The molecule has 0 atom stereocenters. The van der Waals surface area contributed by atoms with E-state index in [1.807, 2.05) is 30.3 Å². The molecule has 1 aromatic heterocycles. The van der Waals surface area contributed by atoms with Gasteiger partial charge in [-0.3, -0.25) is 4.79 Å². The molecule has 6 heteroatoms. The zero-order valence-corrected chi connectivity index (χ0v) is 20.6. The summed E-state index contributed by atoms with van der Waals surface area (Å²) in [7, 11) is 1.57. The zero-order valence-electron chi connectivity index (χ0n) is 19.8. The van der Waals surface area contributed by atoms with Gasteiger partial charge in [-0.2, -0.15) is 0 Å². The lowest BCUT2D eigenvalue weighted by Crippen LogP contribution is -2.09. The van der Waals surface area contributed by atoms with Gasteiger partial charge in [-0.15, -0.1) is 0 Å². The van der Waals surface area contributed by atoms with Crippen LogP contribution in [0.5, 0.6) is 11.5 Å². The van der Waals surface area contributed by atoms with E-state index < -0.39 is 5.97 Å². The number of carbonyl (C=O) groups is 2. The van der Waals surface area contributed by atoms with E-state index >= 15 is 0 Å². The van der Waals surface area contributed by atoms with Gasteiger partial charge in [0.15, 0.2) is 5.78 Å². The number of esters is 1. The first kappa shape index (κ1) is 24.1. The molecular weight excluding hydrogens is 488 g/mol. The number of furan rings is 1. The fourth-order valence-corrected chi connectivity index (χ4v) is 4.01. The number of allylic oxidation sites excluding steroid dienone is 1. The number of hydrogen-bond donors (Lipinski definition) is 0. The number of ketones is 1. The number of fused-ring (bicyclic) bond motifs is 1. The molecule has 5 nitrogen and oxygen atoms in total. The summed E-state index contributed by atoms with van der Waals surface area (Å²) in [5.74, 6) is 0.706. The molecule has 0 bridgehead atoms. The van der Waals surface area contributed by atoms with Gasteiger partial charge in [-0.1, -0.05) is 60.1 Å². The maximum absolute atomic E-state index is 13.4. The largest absolute Gasteiger partial charge is 0.497 e. The fourth-order valence-electron chi connectivity index (χ4n) is 3.89. The predicted molar refractivity (Wildman–Crippen MR) is 144 cm³/mol. The minimum absolute atomic E-state index is 0.136. The van der Waals surface area contributed by atoms with Crippen LogP contribution < -0.4 is 9.47 Å². The maximum Gasteiger partial charge on any atom is 0.348 e. The number of carbonyl (C=O) groups excluding carboxylic acids is 2. The summed E-state index contributed by atoms with van der Waals surface area (Å²) in [5, 5.41) is 1.17. The third-order valence-electron chi connectivity index (χ3n) is 5.78. The third-order valence-corrected chi connectivity index (χ3v) is 6.03. The normalized spacial score (nSPS) is 11.1. The topological polar surface area (TPSA) is 65.7 Å². The summed E-state index contributed by atoms with van der Waals surface area (Å²) in [6.45, 7) is 0. The first-order chi connectivity index (χ1) is 18.0. The number of methoxy groups -OCH3 is 1. The van der Waals surface area contributed by atoms with E-state index in [2.05, 4.69) is 0 Å². The van der Waals surface area contributed by atoms with E-state index in [9.17, 15) is 9.59 Å². The number of halogens is 1. The Morgan fingerprint density at radius 2 is 1.54 bits per heavy atom. The van der Waals surface area contributed by atoms with E-state index in [4.69, 9.17) is 25.5 Å². The smallest absolute Gasteiger partial charge is 0.348 e. The summed E-state index contributed by atoms with van der Waals surface area (Å²) in [6, 6.07) is 28.3. The van der Waals surface area contributed by atoms with Crippen LogP contribution in [0.4, 0.5) is 0 Å². The Morgan fingerprint density at radius 3 is 2.24 bits per heavy atom. The van der Waals surface area contributed by atoms with Crippen molar-refractivity contribution in [1.29, 1.82) is 0 Å². The van der Waals surface area contributed by atoms with Crippen LogP contribution in [0.25, 0.3) is 28.4 Å². The Hall–Kier alpha value is -4.61. The molecule has 5 rings (SSSR count). The lowest BCUT2D eigenvalue weighted by Gasteiger charge is -2.06. The molecule has 182 valence electrons. The Kier molecular flexibility index (Phi) is 6.88. The molecule has 0 fully saturated rings. The minimum atomic E-state index is -0.549. The molecule has 4 aromatic carbocycles. The van der Waals surface area contributed by atoms with Crippen LogP contribution in [0.2, 0.25) is 5.02 Å². The second-order valence-corrected chi connectivity index (χ2v) is 8.63. The van der Waals surface area contributed by atoms with Gasteiger partial charge < -0.3 is 13.9 Å². The summed E-state index contributed by atoms with van der Waals surface area (Å²) in [5.41, 5.74) is 2.96. The van der Waals surface area contributed by atoms with Crippen LogP contribution in [-0.4, -0.2) is 18.9 Å². The minimum Gasteiger partial charge on any atom is -0.497 e. The van der Waals surface area contributed by atoms with Crippen molar-refractivity contribution < 1.29 is 23.5 Å². The SMILES string of the molecule is COc1ccc2oc(-c3ccccc3)c(C(=O)Oc3ccc(C=CC(=O)c4ccc(Cl)cc4)cc3)c2c1. The van der Waals surface area contributed by atoms with Gasteiger partial charge in [0.25, 0.3) is 0 Å². The van der Waals surface area contributed by atoms with Crippen molar-refractivity contribution in [3.05, 3.63) is 125 Å². The van der Waals surface area contributed by atoms with Crippen molar-refractivity contribution in [1.82, 2.24) is 0 Å². The molecule has 0 radical (unpaired) electrons. The molecule has 0 saturated heterocycles. The Morgan fingerprint density at radius 1 is 0.838 bits per heavy atom. The molecule has 0 aliphatic carbocycles. The average molecular weight is 509 g/mol. The quantitative estimate of drug-likeness (QED) is 0.0968. The monoisotopic (exact) mass is 508 g/mol. The molecule has 1 heterocycles.